The van der Waals surface area contributed by atoms with E-state index >= 15 is 0 Å². The molecule has 1 aliphatic carbocycles. The van der Waals surface area contributed by atoms with Crippen LogP contribution in [0.4, 0.5) is 0 Å². The molecule has 37 heavy (non-hydrogen) atoms. The first-order valence-corrected chi connectivity index (χ1v) is 13.4. The van der Waals surface area contributed by atoms with E-state index in [0.29, 0.717) is 5.92 Å². The molecule has 0 saturated heterocycles. The lowest BCUT2D eigenvalue weighted by Crippen LogP contribution is -2.44. The molecule has 0 aromatic heterocycles. The summed E-state index contributed by atoms with van der Waals surface area (Å²) in [5.74, 6) is 0.380. The Morgan fingerprint density at radius 2 is 1.68 bits per heavy atom. The number of hydrogen-bond donors (Lipinski definition) is 0. The normalized spacial score (nSPS) is 29.9. The maximum Gasteiger partial charge on any atom is 0.0775 e. The average molecular weight is 479 g/mol. The minimum Gasteiger partial charge on any atom is -0.360 e. The maximum absolute atomic E-state index is 2.68. The minimum absolute atomic E-state index is 0.0118. The Bertz CT molecular complexity index is 1600. The van der Waals surface area contributed by atoms with Gasteiger partial charge in [-0.05, 0) is 59.0 Å². The third kappa shape index (κ3) is 2.60. The highest BCUT2D eigenvalue weighted by atomic mass is 15.3. The van der Waals surface area contributed by atoms with Gasteiger partial charge in [-0.25, -0.2) is 0 Å². The predicted molar refractivity (Wildman–Crippen MR) is 152 cm³/mol. The molecule has 4 unspecified atom stereocenters. The third-order valence-corrected chi connectivity index (χ3v) is 9.76. The quantitative estimate of drug-likeness (QED) is 0.372. The molecule has 0 radical (unpaired) electrons. The second kappa shape index (κ2) is 7.26. The van der Waals surface area contributed by atoms with Gasteiger partial charge < -0.3 is 9.80 Å². The van der Waals surface area contributed by atoms with Gasteiger partial charge in [0.15, 0.2) is 0 Å². The Morgan fingerprint density at radius 3 is 2.57 bits per heavy atom. The van der Waals surface area contributed by atoms with Crippen molar-refractivity contribution in [3.63, 3.8) is 0 Å². The second-order valence-corrected chi connectivity index (χ2v) is 11.3. The summed E-state index contributed by atoms with van der Waals surface area (Å²) >= 11 is 0. The summed E-state index contributed by atoms with van der Waals surface area (Å²) in [7, 11) is 0. The molecule has 8 rings (SSSR count). The van der Waals surface area contributed by atoms with Crippen molar-refractivity contribution in [2.45, 2.75) is 30.8 Å². The summed E-state index contributed by atoms with van der Waals surface area (Å²) in [6, 6.07) is 27.1. The Kier molecular flexibility index (Phi) is 4.14. The lowest BCUT2D eigenvalue weighted by Gasteiger charge is -2.43. The van der Waals surface area contributed by atoms with Gasteiger partial charge in [0.25, 0.3) is 0 Å². The lowest BCUT2D eigenvalue weighted by molar-refractivity contribution is 0.260. The van der Waals surface area contributed by atoms with Crippen LogP contribution in [-0.4, -0.2) is 21.9 Å². The lowest BCUT2D eigenvalue weighted by atomic mass is 9.81. The number of fused-ring (bicyclic) bond motifs is 9. The van der Waals surface area contributed by atoms with E-state index in [1.54, 1.807) is 0 Å². The molecule has 3 aromatic rings. The highest BCUT2D eigenvalue weighted by Crippen LogP contribution is 2.74. The zero-order valence-electron chi connectivity index (χ0n) is 21.3. The zero-order valence-corrected chi connectivity index (χ0v) is 21.3. The van der Waals surface area contributed by atoms with Crippen molar-refractivity contribution >= 4 is 11.8 Å². The molecule has 1 fully saturated rings. The van der Waals surface area contributed by atoms with Crippen LogP contribution in [0.1, 0.15) is 42.1 Å². The van der Waals surface area contributed by atoms with Crippen molar-refractivity contribution in [3.05, 3.63) is 143 Å². The molecule has 0 N–H and O–H groups in total. The number of benzene rings is 3. The van der Waals surface area contributed by atoms with Crippen LogP contribution in [0, 0.1) is 5.92 Å². The van der Waals surface area contributed by atoms with Crippen LogP contribution >= 0.6 is 0 Å². The summed E-state index contributed by atoms with van der Waals surface area (Å²) < 4.78 is 0. The largest absolute Gasteiger partial charge is 0.360 e. The summed E-state index contributed by atoms with van der Waals surface area (Å²) in [4.78, 5) is 5.21. The molecule has 0 amide bonds. The van der Waals surface area contributed by atoms with E-state index in [1.165, 1.54) is 44.8 Å². The Labute approximate surface area is 219 Å². The molecule has 0 bridgehead atoms. The molecule has 4 aliphatic heterocycles. The van der Waals surface area contributed by atoms with Gasteiger partial charge in [-0.2, -0.15) is 0 Å². The highest BCUT2D eigenvalue weighted by Gasteiger charge is 2.78. The smallest absolute Gasteiger partial charge is 0.0775 e. The number of nitrogens with zero attached hydrogens (tertiary/aromatic N) is 2. The summed E-state index contributed by atoms with van der Waals surface area (Å²) in [6.45, 7) is 5.96. The van der Waals surface area contributed by atoms with Gasteiger partial charge in [0.05, 0.1) is 11.6 Å². The third-order valence-electron chi connectivity index (χ3n) is 9.76. The van der Waals surface area contributed by atoms with Gasteiger partial charge in [-0.3, -0.25) is 0 Å². The van der Waals surface area contributed by atoms with Gasteiger partial charge in [0.1, 0.15) is 0 Å². The van der Waals surface area contributed by atoms with Crippen molar-refractivity contribution in [1.29, 1.82) is 0 Å². The Morgan fingerprint density at radius 1 is 0.838 bits per heavy atom. The van der Waals surface area contributed by atoms with E-state index in [-0.39, 0.29) is 17.0 Å². The van der Waals surface area contributed by atoms with Gasteiger partial charge in [0.2, 0.25) is 0 Å². The number of hydrogen-bond acceptors (Lipinski definition) is 2. The Hall–Kier alpha value is -4.04. The summed E-state index contributed by atoms with van der Waals surface area (Å²) in [5, 5.41) is 0. The van der Waals surface area contributed by atoms with Crippen molar-refractivity contribution in [1.82, 2.24) is 9.80 Å². The van der Waals surface area contributed by atoms with Crippen LogP contribution < -0.4 is 0 Å². The van der Waals surface area contributed by atoms with Crippen molar-refractivity contribution in [3.8, 4) is 11.1 Å². The van der Waals surface area contributed by atoms with E-state index in [1.807, 2.05) is 0 Å². The molecule has 180 valence electrons. The first kappa shape index (κ1) is 21.1. The fraction of sp³-hybridized carbons (Fsp3) is 0.200. The van der Waals surface area contributed by atoms with Gasteiger partial charge in [-0.1, -0.05) is 98.0 Å². The molecule has 1 saturated carbocycles. The SMILES string of the molecule is CC12c3ccccc3C3=CC=CCN3C1(C)C2C1=Cc2cc(-c3ccccc3)ccc2C2C=CC=CN12. The Balaban J connectivity index is 1.32. The molecule has 2 heteroatoms. The van der Waals surface area contributed by atoms with Crippen LogP contribution in [0.5, 0.6) is 0 Å². The fourth-order valence-corrected chi connectivity index (χ4v) is 7.82. The van der Waals surface area contributed by atoms with E-state index in [0.717, 1.165) is 6.54 Å². The van der Waals surface area contributed by atoms with E-state index in [4.69, 9.17) is 0 Å². The topological polar surface area (TPSA) is 6.48 Å². The number of allylic oxidation sites excluding steroid dienone is 4. The zero-order chi connectivity index (χ0) is 24.8. The monoisotopic (exact) mass is 478 g/mol. The molecular weight excluding hydrogens is 448 g/mol. The van der Waals surface area contributed by atoms with Crippen LogP contribution in [0.2, 0.25) is 0 Å². The first-order chi connectivity index (χ1) is 18.1. The molecule has 4 heterocycles. The van der Waals surface area contributed by atoms with Crippen molar-refractivity contribution in [2.75, 3.05) is 6.54 Å². The molecule has 2 nitrogen and oxygen atoms in total. The summed E-state index contributed by atoms with van der Waals surface area (Å²) in [6.07, 6.45) is 18.4. The van der Waals surface area contributed by atoms with E-state index < -0.39 is 0 Å². The predicted octanol–water partition coefficient (Wildman–Crippen LogP) is 7.71. The van der Waals surface area contributed by atoms with Gasteiger partial charge in [0, 0.05) is 41.0 Å². The van der Waals surface area contributed by atoms with Crippen LogP contribution in [0.3, 0.4) is 0 Å². The van der Waals surface area contributed by atoms with Crippen molar-refractivity contribution in [2.24, 2.45) is 5.92 Å². The first-order valence-electron chi connectivity index (χ1n) is 13.4. The van der Waals surface area contributed by atoms with E-state index in [2.05, 4.69) is 145 Å². The summed E-state index contributed by atoms with van der Waals surface area (Å²) in [5.41, 5.74) is 11.0. The van der Waals surface area contributed by atoms with Crippen LogP contribution in [0.15, 0.2) is 121 Å². The highest BCUT2D eigenvalue weighted by molar-refractivity contribution is 5.80. The van der Waals surface area contributed by atoms with Crippen LogP contribution in [-0.2, 0) is 5.41 Å². The van der Waals surface area contributed by atoms with Crippen molar-refractivity contribution < 1.29 is 0 Å². The standard InChI is InChI=1S/C35H30N2/c1-34-29-15-7-6-14-28(29)31-17-9-11-21-37(31)35(34,2)33(34)32-23-26-22-25(24-12-4-3-5-13-24)18-19-27(26)30-16-8-10-20-36(30)32/h3-20,22-23,30,33H,21H2,1-2H3. The molecule has 3 aromatic carbocycles. The average Bonchev–Trinajstić information content (AvgIpc) is 3.50. The molecular formula is C35H30N2. The maximum atomic E-state index is 2.68. The van der Waals surface area contributed by atoms with E-state index in [9.17, 15) is 0 Å². The van der Waals surface area contributed by atoms with Gasteiger partial charge in [-0.15, -0.1) is 0 Å². The molecule has 4 atom stereocenters. The van der Waals surface area contributed by atoms with Crippen LogP contribution in [0.25, 0.3) is 22.9 Å². The molecule has 0 spiro atoms. The minimum atomic E-state index is 0.0118. The molecule has 5 aliphatic rings. The number of rotatable bonds is 2. The fourth-order valence-electron chi connectivity index (χ4n) is 7.82. The van der Waals surface area contributed by atoms with Gasteiger partial charge >= 0.3 is 0 Å². The second-order valence-electron chi connectivity index (χ2n) is 11.3.